The Hall–Kier alpha value is -2.25. The molecule has 122 valence electrons. The molecule has 0 saturated carbocycles. The Morgan fingerprint density at radius 3 is 3.09 bits per heavy atom. The second-order valence-electron chi connectivity index (χ2n) is 5.40. The van der Waals surface area contributed by atoms with Crippen molar-refractivity contribution in [1.29, 1.82) is 0 Å². The van der Waals surface area contributed by atoms with E-state index in [-0.39, 0.29) is 35.7 Å². The molecule has 0 bridgehead atoms. The number of aromatic nitrogens is 4. The van der Waals surface area contributed by atoms with Crippen LogP contribution < -0.4 is 11.3 Å². The SMILES string of the molecule is CC(N)C#Cc1nn([C@H]2C[C@H](O)[C@@H](CO)O2)c2nc[nH]c(=O)c12. The molecule has 0 amide bonds. The Balaban J connectivity index is 2.11. The molecule has 1 saturated heterocycles. The summed E-state index contributed by atoms with van der Waals surface area (Å²) in [6.45, 7) is 1.42. The van der Waals surface area contributed by atoms with Crippen molar-refractivity contribution >= 4 is 11.0 Å². The normalized spacial score (nSPS) is 25.3. The number of hydrogen-bond acceptors (Lipinski definition) is 7. The molecule has 0 aromatic carbocycles. The summed E-state index contributed by atoms with van der Waals surface area (Å²) in [5.74, 6) is 5.53. The van der Waals surface area contributed by atoms with Crippen LogP contribution in [0.5, 0.6) is 0 Å². The van der Waals surface area contributed by atoms with Crippen LogP contribution in [-0.2, 0) is 4.74 Å². The van der Waals surface area contributed by atoms with Crippen LogP contribution in [0.3, 0.4) is 0 Å². The van der Waals surface area contributed by atoms with Crippen molar-refractivity contribution in [3.8, 4) is 11.8 Å². The molecule has 0 aliphatic carbocycles. The van der Waals surface area contributed by atoms with Crippen LogP contribution >= 0.6 is 0 Å². The van der Waals surface area contributed by atoms with E-state index in [0.717, 1.165) is 0 Å². The Labute approximate surface area is 131 Å². The first kappa shape index (κ1) is 15.6. The lowest BCUT2D eigenvalue weighted by Crippen LogP contribution is -2.24. The molecule has 0 spiro atoms. The molecule has 1 unspecified atom stereocenters. The van der Waals surface area contributed by atoms with E-state index in [2.05, 4.69) is 26.9 Å². The van der Waals surface area contributed by atoms with Gasteiger partial charge in [-0.25, -0.2) is 9.67 Å². The van der Waals surface area contributed by atoms with Crippen LogP contribution in [-0.4, -0.2) is 54.8 Å². The number of fused-ring (bicyclic) bond motifs is 1. The average molecular weight is 319 g/mol. The maximum absolute atomic E-state index is 12.1. The van der Waals surface area contributed by atoms with E-state index in [0.29, 0.717) is 5.65 Å². The van der Waals surface area contributed by atoms with Gasteiger partial charge < -0.3 is 25.7 Å². The Kier molecular flexibility index (Phi) is 4.14. The largest absolute Gasteiger partial charge is 0.394 e. The van der Waals surface area contributed by atoms with Crippen molar-refractivity contribution in [2.45, 2.75) is 37.8 Å². The van der Waals surface area contributed by atoms with Gasteiger partial charge in [-0.2, -0.15) is 5.10 Å². The molecule has 2 aromatic rings. The van der Waals surface area contributed by atoms with Gasteiger partial charge in [-0.05, 0) is 12.8 Å². The summed E-state index contributed by atoms with van der Waals surface area (Å²) in [6.07, 6.45) is -0.647. The number of aliphatic hydroxyl groups is 2. The van der Waals surface area contributed by atoms with Crippen molar-refractivity contribution in [3.05, 3.63) is 22.4 Å². The number of hydrogen-bond donors (Lipinski definition) is 4. The maximum Gasteiger partial charge on any atom is 0.263 e. The third-order valence-electron chi connectivity index (χ3n) is 3.57. The van der Waals surface area contributed by atoms with Crippen molar-refractivity contribution in [2.24, 2.45) is 5.73 Å². The predicted molar refractivity (Wildman–Crippen MR) is 80.3 cm³/mol. The highest BCUT2D eigenvalue weighted by Gasteiger charge is 2.36. The van der Waals surface area contributed by atoms with E-state index >= 15 is 0 Å². The average Bonchev–Trinajstić information content (AvgIpc) is 3.06. The van der Waals surface area contributed by atoms with Gasteiger partial charge in [0.15, 0.2) is 17.6 Å². The zero-order valence-corrected chi connectivity index (χ0v) is 12.4. The zero-order valence-electron chi connectivity index (χ0n) is 12.4. The van der Waals surface area contributed by atoms with Crippen LogP contribution in [0.15, 0.2) is 11.1 Å². The van der Waals surface area contributed by atoms with Crippen molar-refractivity contribution in [3.63, 3.8) is 0 Å². The number of nitrogens with one attached hydrogen (secondary N) is 1. The second kappa shape index (κ2) is 6.10. The molecule has 4 atom stereocenters. The minimum absolute atomic E-state index is 0.233. The molecule has 3 rings (SSSR count). The predicted octanol–water partition coefficient (Wildman–Crippen LogP) is -1.54. The lowest BCUT2D eigenvalue weighted by atomic mass is 10.2. The van der Waals surface area contributed by atoms with Gasteiger partial charge in [-0.1, -0.05) is 5.92 Å². The van der Waals surface area contributed by atoms with Gasteiger partial charge in [-0.15, -0.1) is 0 Å². The molecule has 23 heavy (non-hydrogen) atoms. The smallest absolute Gasteiger partial charge is 0.263 e. The van der Waals surface area contributed by atoms with Crippen molar-refractivity contribution < 1.29 is 14.9 Å². The third kappa shape index (κ3) is 2.85. The number of H-pyrrole nitrogens is 1. The van der Waals surface area contributed by atoms with Gasteiger partial charge in [0, 0.05) is 6.42 Å². The topological polar surface area (TPSA) is 139 Å². The lowest BCUT2D eigenvalue weighted by Gasteiger charge is -2.12. The summed E-state index contributed by atoms with van der Waals surface area (Å²) < 4.78 is 6.98. The molecule has 1 fully saturated rings. The zero-order chi connectivity index (χ0) is 16.6. The molecule has 2 aromatic heterocycles. The molecule has 1 aliphatic rings. The first-order valence-corrected chi connectivity index (χ1v) is 7.18. The molecule has 0 radical (unpaired) electrons. The van der Waals surface area contributed by atoms with Crippen LogP contribution in [0.1, 0.15) is 25.3 Å². The van der Waals surface area contributed by atoms with Gasteiger partial charge in [0.25, 0.3) is 5.56 Å². The van der Waals surface area contributed by atoms with E-state index in [4.69, 9.17) is 10.5 Å². The summed E-state index contributed by atoms with van der Waals surface area (Å²) in [6, 6.07) is -0.366. The summed E-state index contributed by atoms with van der Waals surface area (Å²) in [4.78, 5) is 18.7. The first-order chi connectivity index (χ1) is 11.0. The molecule has 3 heterocycles. The van der Waals surface area contributed by atoms with Crippen LogP contribution in [0.25, 0.3) is 11.0 Å². The van der Waals surface area contributed by atoms with Gasteiger partial charge in [-0.3, -0.25) is 4.79 Å². The van der Waals surface area contributed by atoms with E-state index in [1.54, 1.807) is 6.92 Å². The third-order valence-corrected chi connectivity index (χ3v) is 3.57. The number of rotatable bonds is 2. The number of ether oxygens (including phenoxy) is 1. The van der Waals surface area contributed by atoms with E-state index < -0.39 is 18.4 Å². The molecular weight excluding hydrogens is 302 g/mol. The Bertz CT molecular complexity index is 831. The van der Waals surface area contributed by atoms with Crippen LogP contribution in [0.2, 0.25) is 0 Å². The molecule has 9 heteroatoms. The fraction of sp³-hybridized carbons (Fsp3) is 0.500. The highest BCUT2D eigenvalue weighted by Crippen LogP contribution is 2.30. The first-order valence-electron chi connectivity index (χ1n) is 7.18. The quantitative estimate of drug-likeness (QED) is 0.492. The van der Waals surface area contributed by atoms with Gasteiger partial charge >= 0.3 is 0 Å². The number of aliphatic hydroxyl groups excluding tert-OH is 2. The summed E-state index contributed by atoms with van der Waals surface area (Å²) >= 11 is 0. The minimum Gasteiger partial charge on any atom is -0.394 e. The van der Waals surface area contributed by atoms with E-state index in [1.807, 2.05) is 0 Å². The lowest BCUT2D eigenvalue weighted by molar-refractivity contribution is -0.0470. The highest BCUT2D eigenvalue weighted by atomic mass is 16.5. The number of aromatic amines is 1. The molecular formula is C14H17N5O4. The van der Waals surface area contributed by atoms with E-state index in [1.165, 1.54) is 11.0 Å². The molecule has 1 aliphatic heterocycles. The Morgan fingerprint density at radius 2 is 2.43 bits per heavy atom. The fourth-order valence-electron chi connectivity index (χ4n) is 2.48. The maximum atomic E-state index is 12.1. The summed E-state index contributed by atoms with van der Waals surface area (Å²) in [5, 5.41) is 23.6. The van der Waals surface area contributed by atoms with Gasteiger partial charge in [0.05, 0.1) is 25.1 Å². The summed E-state index contributed by atoms with van der Waals surface area (Å²) in [5.41, 5.74) is 5.79. The second-order valence-corrected chi connectivity index (χ2v) is 5.40. The minimum atomic E-state index is -0.815. The number of nitrogens with two attached hydrogens (primary N) is 1. The van der Waals surface area contributed by atoms with Crippen molar-refractivity contribution in [2.75, 3.05) is 6.61 Å². The molecule has 9 nitrogen and oxygen atoms in total. The number of nitrogens with zero attached hydrogens (tertiary/aromatic N) is 3. The Morgan fingerprint density at radius 1 is 1.65 bits per heavy atom. The van der Waals surface area contributed by atoms with E-state index in [9.17, 15) is 15.0 Å². The standard InChI is InChI=1S/C14H17N5O4/c1-7(15)2-3-8-12-13(16-6-17-14(12)22)19(18-8)11-4-9(21)10(5-20)23-11/h6-7,9-11,20-21H,4-5,15H2,1H3,(H,16,17,22)/t7?,9-,10+,11+/m0/s1. The summed E-state index contributed by atoms with van der Waals surface area (Å²) in [7, 11) is 0. The fourth-order valence-corrected chi connectivity index (χ4v) is 2.48. The van der Waals surface area contributed by atoms with Crippen LogP contribution in [0.4, 0.5) is 0 Å². The highest BCUT2D eigenvalue weighted by molar-refractivity contribution is 5.80. The van der Waals surface area contributed by atoms with Gasteiger partial charge in [0.2, 0.25) is 0 Å². The monoisotopic (exact) mass is 319 g/mol. The molecule has 5 N–H and O–H groups in total. The van der Waals surface area contributed by atoms with Crippen LogP contribution in [0, 0.1) is 11.8 Å². The van der Waals surface area contributed by atoms with Crippen molar-refractivity contribution in [1.82, 2.24) is 19.7 Å². The van der Waals surface area contributed by atoms with Gasteiger partial charge in [0.1, 0.15) is 11.5 Å².